The molecule has 0 spiro atoms. The standard InChI is InChI=1S/C14H24N4O/c1-19-13-8-18(7-6-10(13)15)9-14-16-11-4-2-3-5-12(11)17-14/h10,13H,2-9,15H2,1H3,(H,16,17)/t10-,13+/m1/s1. The number of nitrogens with zero attached hydrogens (tertiary/aromatic N) is 2. The predicted molar refractivity (Wildman–Crippen MR) is 73.9 cm³/mol. The first-order chi connectivity index (χ1) is 9.26. The van der Waals surface area contributed by atoms with E-state index in [1.54, 1.807) is 7.11 Å². The van der Waals surface area contributed by atoms with Crippen molar-refractivity contribution < 1.29 is 4.74 Å². The summed E-state index contributed by atoms with van der Waals surface area (Å²) in [5.41, 5.74) is 8.70. The molecule has 1 aromatic rings. The third-order valence-corrected chi connectivity index (χ3v) is 4.37. The van der Waals surface area contributed by atoms with Crippen molar-refractivity contribution in [2.45, 2.75) is 50.8 Å². The van der Waals surface area contributed by atoms with Crippen LogP contribution in [0.3, 0.4) is 0 Å². The Morgan fingerprint density at radius 1 is 1.42 bits per heavy atom. The van der Waals surface area contributed by atoms with Gasteiger partial charge < -0.3 is 15.5 Å². The fraction of sp³-hybridized carbons (Fsp3) is 0.786. The van der Waals surface area contributed by atoms with Gasteiger partial charge in [0.2, 0.25) is 0 Å². The number of likely N-dealkylation sites (tertiary alicyclic amines) is 1. The van der Waals surface area contributed by atoms with Crippen LogP contribution in [0.25, 0.3) is 0 Å². The number of nitrogens with two attached hydrogens (primary N) is 1. The van der Waals surface area contributed by atoms with Gasteiger partial charge in [0.25, 0.3) is 0 Å². The van der Waals surface area contributed by atoms with Crippen LogP contribution in [0.4, 0.5) is 0 Å². The van der Waals surface area contributed by atoms with Gasteiger partial charge in [-0.3, -0.25) is 4.90 Å². The SMILES string of the molecule is CO[C@H]1CN(Cc2nc3c([nH]2)CCCC3)CC[C@H]1N. The molecule has 5 nitrogen and oxygen atoms in total. The maximum absolute atomic E-state index is 6.05. The molecule has 0 amide bonds. The summed E-state index contributed by atoms with van der Waals surface area (Å²) < 4.78 is 5.46. The maximum Gasteiger partial charge on any atom is 0.120 e. The van der Waals surface area contributed by atoms with Crippen LogP contribution in [0.5, 0.6) is 0 Å². The van der Waals surface area contributed by atoms with Gasteiger partial charge in [-0.05, 0) is 32.1 Å². The fourth-order valence-corrected chi connectivity index (χ4v) is 3.19. The van der Waals surface area contributed by atoms with Crippen LogP contribution in [-0.4, -0.2) is 47.2 Å². The largest absolute Gasteiger partial charge is 0.379 e. The molecule has 0 saturated carbocycles. The number of fused-ring (bicyclic) bond motifs is 1. The summed E-state index contributed by atoms with van der Waals surface area (Å²) in [4.78, 5) is 10.6. The van der Waals surface area contributed by atoms with Gasteiger partial charge in [-0.15, -0.1) is 0 Å². The topological polar surface area (TPSA) is 67.2 Å². The lowest BCUT2D eigenvalue weighted by Gasteiger charge is -2.35. The molecule has 2 aliphatic rings. The molecular formula is C14H24N4O. The fourth-order valence-electron chi connectivity index (χ4n) is 3.19. The van der Waals surface area contributed by atoms with Gasteiger partial charge in [-0.2, -0.15) is 0 Å². The Labute approximate surface area is 114 Å². The number of hydrogen-bond acceptors (Lipinski definition) is 4. The number of rotatable bonds is 3. The van der Waals surface area contributed by atoms with E-state index >= 15 is 0 Å². The smallest absolute Gasteiger partial charge is 0.120 e. The van der Waals surface area contributed by atoms with Crippen molar-refractivity contribution in [3.63, 3.8) is 0 Å². The first kappa shape index (κ1) is 13.1. The Bertz CT molecular complexity index is 408. The first-order valence-corrected chi connectivity index (χ1v) is 7.33. The average molecular weight is 264 g/mol. The van der Waals surface area contributed by atoms with Gasteiger partial charge in [-0.1, -0.05) is 0 Å². The number of hydrogen-bond donors (Lipinski definition) is 2. The third-order valence-electron chi connectivity index (χ3n) is 4.37. The molecule has 1 aliphatic heterocycles. The quantitative estimate of drug-likeness (QED) is 0.849. The number of piperidine rings is 1. The highest BCUT2D eigenvalue weighted by Crippen LogP contribution is 2.20. The average Bonchev–Trinajstić information content (AvgIpc) is 2.83. The molecule has 0 bridgehead atoms. The molecule has 0 aromatic carbocycles. The number of aromatic amines is 1. The minimum absolute atomic E-state index is 0.151. The molecule has 1 saturated heterocycles. The lowest BCUT2D eigenvalue weighted by molar-refractivity contribution is 0.0133. The van der Waals surface area contributed by atoms with E-state index in [1.165, 1.54) is 24.2 Å². The van der Waals surface area contributed by atoms with Crippen molar-refractivity contribution in [2.24, 2.45) is 5.73 Å². The molecule has 3 rings (SSSR count). The van der Waals surface area contributed by atoms with Gasteiger partial charge in [0.15, 0.2) is 0 Å². The maximum atomic E-state index is 6.05. The van der Waals surface area contributed by atoms with Crippen LogP contribution in [0.15, 0.2) is 0 Å². The zero-order valence-electron chi connectivity index (χ0n) is 11.7. The number of methoxy groups -OCH3 is 1. The third kappa shape index (κ3) is 2.83. The van der Waals surface area contributed by atoms with Crippen LogP contribution < -0.4 is 5.73 Å². The molecule has 2 atom stereocenters. The van der Waals surface area contributed by atoms with E-state index in [9.17, 15) is 0 Å². The molecule has 2 heterocycles. The molecular weight excluding hydrogens is 240 g/mol. The summed E-state index contributed by atoms with van der Waals surface area (Å²) in [6.07, 6.45) is 6.02. The van der Waals surface area contributed by atoms with Crippen LogP contribution in [-0.2, 0) is 24.1 Å². The van der Waals surface area contributed by atoms with E-state index in [2.05, 4.69) is 9.88 Å². The Morgan fingerprint density at radius 3 is 3.05 bits per heavy atom. The molecule has 106 valence electrons. The van der Waals surface area contributed by atoms with Crippen molar-refractivity contribution in [3.05, 3.63) is 17.2 Å². The van der Waals surface area contributed by atoms with Gasteiger partial charge in [-0.25, -0.2) is 4.98 Å². The van der Waals surface area contributed by atoms with Gasteiger partial charge >= 0.3 is 0 Å². The second-order valence-electron chi connectivity index (χ2n) is 5.78. The summed E-state index contributed by atoms with van der Waals surface area (Å²) in [6.45, 7) is 2.83. The van der Waals surface area contributed by atoms with E-state index in [-0.39, 0.29) is 12.1 Å². The van der Waals surface area contributed by atoms with E-state index in [4.69, 9.17) is 15.5 Å². The number of nitrogens with one attached hydrogen (secondary N) is 1. The second-order valence-corrected chi connectivity index (χ2v) is 5.78. The van der Waals surface area contributed by atoms with E-state index < -0.39 is 0 Å². The normalized spacial score (nSPS) is 28.3. The number of aryl methyl sites for hydroxylation is 2. The highest BCUT2D eigenvalue weighted by molar-refractivity contribution is 5.17. The summed E-state index contributed by atoms with van der Waals surface area (Å²) in [5, 5.41) is 0. The summed E-state index contributed by atoms with van der Waals surface area (Å²) in [7, 11) is 1.75. The lowest BCUT2D eigenvalue weighted by atomic mass is 10.0. The van der Waals surface area contributed by atoms with Crippen molar-refractivity contribution in [3.8, 4) is 0 Å². The molecule has 1 aliphatic carbocycles. The van der Waals surface area contributed by atoms with Gasteiger partial charge in [0, 0.05) is 31.9 Å². The Balaban J connectivity index is 1.63. The minimum Gasteiger partial charge on any atom is -0.379 e. The van der Waals surface area contributed by atoms with Crippen LogP contribution in [0, 0.1) is 0 Å². The van der Waals surface area contributed by atoms with E-state index in [0.29, 0.717) is 0 Å². The zero-order valence-corrected chi connectivity index (χ0v) is 11.7. The van der Waals surface area contributed by atoms with Crippen LogP contribution in [0.1, 0.15) is 36.5 Å². The van der Waals surface area contributed by atoms with Crippen molar-refractivity contribution in [1.29, 1.82) is 0 Å². The zero-order chi connectivity index (χ0) is 13.2. The summed E-state index contributed by atoms with van der Waals surface area (Å²) in [6, 6.07) is 0.172. The van der Waals surface area contributed by atoms with Gasteiger partial charge in [0.05, 0.1) is 18.3 Å². The monoisotopic (exact) mass is 264 g/mol. The number of ether oxygens (including phenoxy) is 1. The van der Waals surface area contributed by atoms with Crippen molar-refractivity contribution in [1.82, 2.24) is 14.9 Å². The lowest BCUT2D eigenvalue weighted by Crippen LogP contribution is -2.51. The molecule has 0 unspecified atom stereocenters. The Hall–Kier alpha value is -0.910. The molecule has 5 heteroatoms. The molecule has 19 heavy (non-hydrogen) atoms. The van der Waals surface area contributed by atoms with Crippen molar-refractivity contribution in [2.75, 3.05) is 20.2 Å². The number of aromatic nitrogens is 2. The van der Waals surface area contributed by atoms with Crippen molar-refractivity contribution >= 4 is 0 Å². The highest BCUT2D eigenvalue weighted by Gasteiger charge is 2.27. The number of H-pyrrole nitrogens is 1. The molecule has 1 aromatic heterocycles. The first-order valence-electron chi connectivity index (χ1n) is 7.33. The van der Waals surface area contributed by atoms with E-state index in [1.807, 2.05) is 0 Å². The van der Waals surface area contributed by atoms with Crippen LogP contribution >= 0.6 is 0 Å². The van der Waals surface area contributed by atoms with E-state index in [0.717, 1.165) is 44.7 Å². The minimum atomic E-state index is 0.151. The summed E-state index contributed by atoms with van der Waals surface area (Å²) >= 11 is 0. The highest BCUT2D eigenvalue weighted by atomic mass is 16.5. The molecule has 0 radical (unpaired) electrons. The van der Waals surface area contributed by atoms with Gasteiger partial charge in [0.1, 0.15) is 5.82 Å². The van der Waals surface area contributed by atoms with Crippen LogP contribution in [0.2, 0.25) is 0 Å². The predicted octanol–water partition coefficient (Wildman–Crippen LogP) is 0.836. The Kier molecular flexibility index (Phi) is 3.86. The second kappa shape index (κ2) is 5.61. The summed E-state index contributed by atoms with van der Waals surface area (Å²) in [5.74, 6) is 1.11. The Morgan fingerprint density at radius 2 is 2.26 bits per heavy atom. The molecule has 3 N–H and O–H groups in total. The number of imidazole rings is 1. The molecule has 1 fully saturated rings.